The molecule has 2 aliphatic heterocycles. The lowest BCUT2D eigenvalue weighted by Gasteiger charge is -2.34. The monoisotopic (exact) mass is 373 g/mol. The molecule has 2 N–H and O–H groups in total. The minimum atomic E-state index is -0.359. The van der Waals surface area contributed by atoms with Crippen LogP contribution in [0.2, 0.25) is 0 Å². The van der Waals surface area contributed by atoms with Crippen LogP contribution in [0.25, 0.3) is 0 Å². The van der Waals surface area contributed by atoms with Crippen molar-refractivity contribution in [3.8, 4) is 0 Å². The van der Waals surface area contributed by atoms with Crippen LogP contribution in [-0.4, -0.2) is 39.3 Å². The van der Waals surface area contributed by atoms with Crippen LogP contribution in [0.4, 0.5) is 0 Å². The molecule has 1 amide bonds. The summed E-state index contributed by atoms with van der Waals surface area (Å²) < 4.78 is 2.00. The number of fused-ring (bicyclic) bond motifs is 2. The average molecular weight is 374 g/mol. The van der Waals surface area contributed by atoms with Crippen molar-refractivity contribution < 1.29 is 4.79 Å². The number of amides is 1. The Morgan fingerprint density at radius 2 is 2.27 bits per heavy atom. The first-order chi connectivity index (χ1) is 12.5. The Balaban J connectivity index is 1.44. The van der Waals surface area contributed by atoms with E-state index in [0.717, 1.165) is 30.7 Å². The molecular weight excluding hydrogens is 346 g/mol. The van der Waals surface area contributed by atoms with Crippen LogP contribution < -0.4 is 10.6 Å². The van der Waals surface area contributed by atoms with E-state index in [4.69, 9.17) is 0 Å². The molecule has 4 heterocycles. The fraction of sp³-hybridized carbons (Fsp3) is 0.632. The van der Waals surface area contributed by atoms with Crippen molar-refractivity contribution in [2.45, 2.75) is 65.1 Å². The molecule has 2 fully saturated rings. The summed E-state index contributed by atoms with van der Waals surface area (Å²) in [7, 11) is 0. The number of hydrogen-bond acceptors (Lipinski definition) is 5. The Bertz CT molecular complexity index is 799. The van der Waals surface area contributed by atoms with E-state index in [1.54, 1.807) is 11.3 Å². The van der Waals surface area contributed by atoms with Crippen molar-refractivity contribution in [1.29, 1.82) is 0 Å². The van der Waals surface area contributed by atoms with E-state index in [9.17, 15) is 4.79 Å². The number of hydrogen-bond donors (Lipinski definition) is 2. The van der Waals surface area contributed by atoms with Crippen LogP contribution in [0.1, 0.15) is 41.9 Å². The van der Waals surface area contributed by atoms with Gasteiger partial charge in [-0.2, -0.15) is 5.10 Å². The molecule has 7 heteroatoms. The molecule has 2 bridgehead atoms. The second-order valence-electron chi connectivity index (χ2n) is 7.79. The lowest BCUT2D eigenvalue weighted by molar-refractivity contribution is -0.132. The summed E-state index contributed by atoms with van der Waals surface area (Å²) in [6.07, 6.45) is 3.91. The van der Waals surface area contributed by atoms with Crippen molar-refractivity contribution in [3.63, 3.8) is 0 Å². The zero-order valence-corrected chi connectivity index (χ0v) is 16.5. The summed E-state index contributed by atoms with van der Waals surface area (Å²) in [6, 6.07) is 0.744. The van der Waals surface area contributed by atoms with Gasteiger partial charge in [0, 0.05) is 36.1 Å². The minimum Gasteiger partial charge on any atom is -0.354 e. The predicted molar refractivity (Wildman–Crippen MR) is 102 cm³/mol. The van der Waals surface area contributed by atoms with E-state index in [-0.39, 0.29) is 17.4 Å². The molecule has 0 spiro atoms. The zero-order chi connectivity index (χ0) is 18.3. The highest BCUT2D eigenvalue weighted by molar-refractivity contribution is 7.07. The molecule has 6 nitrogen and oxygen atoms in total. The SMILES string of the molecule is Cc1nn(CCNC(=O)[C@]2(Cc3cscn3)C[C@@H]3CC[C@H]2N3)c(C)c1C. The average Bonchev–Trinajstić information content (AvgIpc) is 3.39. The summed E-state index contributed by atoms with van der Waals surface area (Å²) >= 11 is 1.60. The van der Waals surface area contributed by atoms with E-state index in [0.29, 0.717) is 19.1 Å². The standard InChI is InChI=1S/C19H27N5OS/c1-12-13(2)23-24(14(12)3)7-6-20-18(25)19(9-16-10-26-11-21-16)8-15-4-5-17(19)22-15/h10-11,15,17,22H,4-9H2,1-3H3,(H,20,25)/t15-,17+,19-/m0/s1. The Hall–Kier alpha value is -1.73. The van der Waals surface area contributed by atoms with Crippen LogP contribution >= 0.6 is 11.3 Å². The van der Waals surface area contributed by atoms with Gasteiger partial charge in [-0.25, -0.2) is 4.98 Å². The van der Waals surface area contributed by atoms with Gasteiger partial charge >= 0.3 is 0 Å². The quantitative estimate of drug-likeness (QED) is 0.814. The van der Waals surface area contributed by atoms with Crippen LogP contribution in [0.3, 0.4) is 0 Å². The van der Waals surface area contributed by atoms with Gasteiger partial charge in [-0.1, -0.05) is 0 Å². The topological polar surface area (TPSA) is 71.8 Å². The first-order valence-electron chi connectivity index (χ1n) is 9.41. The summed E-state index contributed by atoms with van der Waals surface area (Å²) in [5, 5.41) is 13.5. The fourth-order valence-corrected chi connectivity index (χ4v) is 5.19. The number of aromatic nitrogens is 3. The molecule has 140 valence electrons. The van der Waals surface area contributed by atoms with Gasteiger partial charge < -0.3 is 10.6 Å². The highest BCUT2D eigenvalue weighted by Gasteiger charge is 2.55. The lowest BCUT2D eigenvalue weighted by Crippen LogP contribution is -2.50. The molecule has 0 aromatic carbocycles. The van der Waals surface area contributed by atoms with Crippen LogP contribution in [0.5, 0.6) is 0 Å². The molecule has 2 saturated heterocycles. The number of nitrogens with zero attached hydrogens (tertiary/aromatic N) is 3. The Labute approximate surface area is 158 Å². The van der Waals surface area contributed by atoms with E-state index < -0.39 is 0 Å². The molecule has 0 radical (unpaired) electrons. The van der Waals surface area contributed by atoms with Crippen LogP contribution in [0.15, 0.2) is 10.9 Å². The number of nitrogens with one attached hydrogen (secondary N) is 2. The molecule has 4 rings (SSSR count). The maximum absolute atomic E-state index is 13.2. The van der Waals surface area contributed by atoms with E-state index in [1.165, 1.54) is 17.7 Å². The molecule has 26 heavy (non-hydrogen) atoms. The largest absolute Gasteiger partial charge is 0.354 e. The molecule has 0 aliphatic carbocycles. The van der Waals surface area contributed by atoms with Gasteiger partial charge in [0.2, 0.25) is 5.91 Å². The Kier molecular flexibility index (Phi) is 4.61. The first kappa shape index (κ1) is 17.7. The number of rotatable bonds is 6. The summed E-state index contributed by atoms with van der Waals surface area (Å²) in [5.74, 6) is 0.170. The number of carbonyl (C=O) groups excluding carboxylic acids is 1. The Morgan fingerprint density at radius 1 is 1.42 bits per heavy atom. The van der Waals surface area contributed by atoms with Crippen molar-refractivity contribution in [2.24, 2.45) is 5.41 Å². The van der Waals surface area contributed by atoms with Gasteiger partial charge in [-0.3, -0.25) is 9.48 Å². The van der Waals surface area contributed by atoms with Gasteiger partial charge in [0.05, 0.1) is 28.9 Å². The van der Waals surface area contributed by atoms with E-state index in [1.807, 2.05) is 17.1 Å². The smallest absolute Gasteiger partial charge is 0.228 e. The van der Waals surface area contributed by atoms with Crippen molar-refractivity contribution in [3.05, 3.63) is 33.5 Å². The first-order valence-corrected chi connectivity index (χ1v) is 10.4. The maximum Gasteiger partial charge on any atom is 0.228 e. The molecule has 3 atom stereocenters. The fourth-order valence-electron chi connectivity index (χ4n) is 4.63. The third kappa shape index (κ3) is 2.97. The highest BCUT2D eigenvalue weighted by Crippen LogP contribution is 2.45. The van der Waals surface area contributed by atoms with E-state index >= 15 is 0 Å². The predicted octanol–water partition coefficient (Wildman–Crippen LogP) is 2.13. The number of thiazole rings is 1. The second-order valence-corrected chi connectivity index (χ2v) is 8.50. The minimum absolute atomic E-state index is 0.170. The molecule has 0 unspecified atom stereocenters. The molecule has 2 aliphatic rings. The maximum atomic E-state index is 13.2. The van der Waals surface area contributed by atoms with Gasteiger partial charge in [0.15, 0.2) is 0 Å². The van der Waals surface area contributed by atoms with Crippen LogP contribution in [0, 0.1) is 26.2 Å². The van der Waals surface area contributed by atoms with Crippen molar-refractivity contribution >= 4 is 17.2 Å². The summed E-state index contributed by atoms with van der Waals surface area (Å²) in [4.78, 5) is 17.7. The third-order valence-electron chi connectivity index (χ3n) is 6.30. The summed E-state index contributed by atoms with van der Waals surface area (Å²) in [6.45, 7) is 7.52. The van der Waals surface area contributed by atoms with Gasteiger partial charge in [0.1, 0.15) is 0 Å². The molecule has 2 aromatic rings. The third-order valence-corrected chi connectivity index (χ3v) is 6.94. The highest BCUT2D eigenvalue weighted by atomic mass is 32.1. The summed E-state index contributed by atoms with van der Waals surface area (Å²) in [5.41, 5.74) is 6.00. The van der Waals surface area contributed by atoms with Crippen molar-refractivity contribution in [1.82, 2.24) is 25.4 Å². The molecule has 0 saturated carbocycles. The number of carbonyl (C=O) groups is 1. The molecule has 2 aromatic heterocycles. The van der Waals surface area contributed by atoms with Gasteiger partial charge in [-0.15, -0.1) is 11.3 Å². The van der Waals surface area contributed by atoms with E-state index in [2.05, 4.69) is 39.9 Å². The zero-order valence-electron chi connectivity index (χ0n) is 15.7. The number of aryl methyl sites for hydroxylation is 1. The van der Waals surface area contributed by atoms with Gasteiger partial charge in [-0.05, 0) is 45.6 Å². The van der Waals surface area contributed by atoms with Gasteiger partial charge in [0.25, 0.3) is 0 Å². The lowest BCUT2D eigenvalue weighted by atomic mass is 9.70. The second kappa shape index (κ2) is 6.78. The Morgan fingerprint density at radius 3 is 2.85 bits per heavy atom. The van der Waals surface area contributed by atoms with Crippen molar-refractivity contribution in [2.75, 3.05) is 6.54 Å². The molecular formula is C19H27N5OS. The normalized spacial score (nSPS) is 27.2. The van der Waals surface area contributed by atoms with Crippen LogP contribution in [-0.2, 0) is 17.8 Å².